The van der Waals surface area contributed by atoms with Gasteiger partial charge in [0.15, 0.2) is 0 Å². The van der Waals surface area contributed by atoms with E-state index < -0.39 is 17.6 Å². The fourth-order valence-electron chi connectivity index (χ4n) is 4.59. The Balaban J connectivity index is 1.31. The zero-order chi connectivity index (χ0) is 23.4. The summed E-state index contributed by atoms with van der Waals surface area (Å²) in [6.07, 6.45) is 0.932. The molecule has 11 heteroatoms. The predicted octanol–water partition coefficient (Wildman–Crippen LogP) is 3.37. The second kappa shape index (κ2) is 7.46. The van der Waals surface area contributed by atoms with Crippen LogP contribution >= 0.6 is 0 Å². The minimum absolute atomic E-state index is 0.160. The number of hydrogen-bond acceptors (Lipinski definition) is 5. The van der Waals surface area contributed by atoms with E-state index in [2.05, 4.69) is 20.4 Å². The van der Waals surface area contributed by atoms with Crippen molar-refractivity contribution in [3.63, 3.8) is 0 Å². The van der Waals surface area contributed by atoms with Crippen molar-refractivity contribution in [2.45, 2.75) is 37.5 Å². The average Bonchev–Trinajstić information content (AvgIpc) is 3.32. The lowest BCUT2D eigenvalue weighted by atomic mass is 9.76. The van der Waals surface area contributed by atoms with Crippen LogP contribution in [0.1, 0.15) is 36.2 Å². The third-order valence-electron chi connectivity index (χ3n) is 6.44. The number of amides is 2. The Kier molecular flexibility index (Phi) is 4.80. The molecule has 0 unspecified atom stereocenters. The molecule has 172 valence electrons. The quantitative estimate of drug-likeness (QED) is 0.628. The molecule has 0 aliphatic carbocycles. The van der Waals surface area contributed by atoms with Gasteiger partial charge < -0.3 is 16.0 Å². The molecule has 2 aliphatic heterocycles. The zero-order valence-corrected chi connectivity index (χ0v) is 17.8. The van der Waals surface area contributed by atoms with Gasteiger partial charge in [0.25, 0.3) is 0 Å². The number of aromatic nitrogens is 4. The first-order valence-corrected chi connectivity index (χ1v) is 10.5. The van der Waals surface area contributed by atoms with E-state index in [0.717, 1.165) is 23.7 Å². The highest BCUT2D eigenvalue weighted by Crippen LogP contribution is 2.44. The molecule has 5 heterocycles. The van der Waals surface area contributed by atoms with Crippen molar-refractivity contribution < 1.29 is 18.0 Å². The molecule has 2 aliphatic rings. The lowest BCUT2D eigenvalue weighted by Crippen LogP contribution is -2.62. The highest BCUT2D eigenvalue weighted by Gasteiger charge is 2.51. The van der Waals surface area contributed by atoms with Gasteiger partial charge in [0.2, 0.25) is 0 Å². The van der Waals surface area contributed by atoms with Gasteiger partial charge in [0, 0.05) is 54.9 Å². The molecule has 5 rings (SSSR count). The number of halogens is 3. The van der Waals surface area contributed by atoms with Gasteiger partial charge in [-0.15, -0.1) is 0 Å². The first-order chi connectivity index (χ1) is 15.7. The fraction of sp³-hybridized carbons (Fsp3) is 0.364. The molecule has 1 saturated heterocycles. The number of rotatable bonds is 3. The molecule has 3 aromatic heterocycles. The van der Waals surface area contributed by atoms with E-state index in [0.29, 0.717) is 25.3 Å². The monoisotopic (exact) mass is 457 g/mol. The fourth-order valence-corrected chi connectivity index (χ4v) is 4.59. The summed E-state index contributed by atoms with van der Waals surface area (Å²) in [5.41, 5.74) is 6.70. The Hall–Kier alpha value is -3.63. The Morgan fingerprint density at radius 3 is 2.76 bits per heavy atom. The number of hydrogen-bond donors (Lipinski definition) is 2. The minimum Gasteiger partial charge on any atom is -0.383 e. The van der Waals surface area contributed by atoms with E-state index in [4.69, 9.17) is 5.73 Å². The summed E-state index contributed by atoms with van der Waals surface area (Å²) < 4.78 is 41.5. The number of alkyl halides is 3. The molecule has 3 aromatic rings. The van der Waals surface area contributed by atoms with Gasteiger partial charge in [-0.1, -0.05) is 6.07 Å². The molecule has 33 heavy (non-hydrogen) atoms. The van der Waals surface area contributed by atoms with Gasteiger partial charge in [-0.3, -0.25) is 9.67 Å². The third kappa shape index (κ3) is 3.66. The number of nitrogens with zero attached hydrogens (tertiary/aromatic N) is 5. The van der Waals surface area contributed by atoms with E-state index in [1.165, 1.54) is 6.20 Å². The number of fused-ring (bicyclic) bond motifs is 2. The van der Waals surface area contributed by atoms with Gasteiger partial charge in [0.1, 0.15) is 5.82 Å². The van der Waals surface area contributed by atoms with Crippen LogP contribution in [0.4, 0.5) is 23.8 Å². The molecule has 1 atom stereocenters. The Morgan fingerprint density at radius 1 is 1.27 bits per heavy atom. The topological polar surface area (TPSA) is 102 Å². The molecular formula is C22H22F3N7O. The summed E-state index contributed by atoms with van der Waals surface area (Å²) in [7, 11) is 0. The Bertz CT molecular complexity index is 1200. The number of nitrogens with two attached hydrogens (primary N) is 1. The Morgan fingerprint density at radius 2 is 2.06 bits per heavy atom. The average molecular weight is 457 g/mol. The number of carbonyl (C=O) groups is 1. The predicted molar refractivity (Wildman–Crippen MR) is 114 cm³/mol. The van der Waals surface area contributed by atoms with Crippen LogP contribution in [0.5, 0.6) is 0 Å². The minimum atomic E-state index is -4.59. The SMILES string of the molecule is C[C@H](NC(=O)N1CC2(CCn3nc(-c4cnc(N)c(C(F)(F)F)c4)cc32)C1)c1cccnc1. The standard InChI is InChI=1S/C22H22F3N7O/c1-13(14-3-2-5-27-9-14)29-20(33)31-11-21(12-31)4-6-32-18(21)8-17(30-32)15-7-16(22(23,24)25)19(26)28-10-15/h2-3,5,7-10,13H,4,6,11-12H2,1H3,(H2,26,28)(H,29,33)/t13-/m0/s1. The summed E-state index contributed by atoms with van der Waals surface area (Å²) in [4.78, 5) is 22.2. The second-order valence-electron chi connectivity index (χ2n) is 8.64. The van der Waals surface area contributed by atoms with E-state index in [1.807, 2.05) is 23.7 Å². The van der Waals surface area contributed by atoms with Crippen molar-refractivity contribution in [3.8, 4) is 11.3 Å². The summed E-state index contributed by atoms with van der Waals surface area (Å²) in [5, 5.41) is 7.47. The van der Waals surface area contributed by atoms with Crippen molar-refractivity contribution in [1.29, 1.82) is 0 Å². The van der Waals surface area contributed by atoms with Crippen LogP contribution in [-0.2, 0) is 18.1 Å². The first-order valence-electron chi connectivity index (χ1n) is 10.5. The highest BCUT2D eigenvalue weighted by atomic mass is 19.4. The number of anilines is 1. The van der Waals surface area contributed by atoms with Gasteiger partial charge in [-0.2, -0.15) is 18.3 Å². The summed E-state index contributed by atoms with van der Waals surface area (Å²) in [5.74, 6) is -0.560. The number of pyridine rings is 2. The summed E-state index contributed by atoms with van der Waals surface area (Å²) >= 11 is 0. The normalized spacial score (nSPS) is 17.5. The van der Waals surface area contributed by atoms with Gasteiger partial charge in [-0.25, -0.2) is 9.78 Å². The van der Waals surface area contributed by atoms with Crippen molar-refractivity contribution >= 4 is 11.8 Å². The number of carbonyl (C=O) groups excluding carboxylic acids is 1. The van der Waals surface area contributed by atoms with Crippen molar-refractivity contribution in [2.24, 2.45) is 0 Å². The first kappa shape index (κ1) is 21.2. The maximum absolute atomic E-state index is 13.2. The van der Waals surface area contributed by atoms with E-state index in [9.17, 15) is 18.0 Å². The highest BCUT2D eigenvalue weighted by molar-refractivity contribution is 5.76. The van der Waals surface area contributed by atoms with Crippen LogP contribution in [0.25, 0.3) is 11.3 Å². The Labute approximate surface area is 187 Å². The second-order valence-corrected chi connectivity index (χ2v) is 8.64. The van der Waals surface area contributed by atoms with Crippen LogP contribution in [0, 0.1) is 0 Å². The molecule has 3 N–H and O–H groups in total. The molecule has 1 fully saturated rings. The lowest BCUT2D eigenvalue weighted by molar-refractivity contribution is -0.137. The molecular weight excluding hydrogens is 435 g/mol. The van der Waals surface area contributed by atoms with Crippen molar-refractivity contribution in [1.82, 2.24) is 30.0 Å². The van der Waals surface area contributed by atoms with E-state index in [-0.39, 0.29) is 23.1 Å². The maximum atomic E-state index is 13.2. The molecule has 2 amide bonds. The van der Waals surface area contributed by atoms with Gasteiger partial charge >= 0.3 is 12.2 Å². The maximum Gasteiger partial charge on any atom is 0.419 e. The molecule has 0 saturated carbocycles. The zero-order valence-electron chi connectivity index (χ0n) is 17.8. The molecule has 8 nitrogen and oxygen atoms in total. The van der Waals surface area contributed by atoms with Crippen molar-refractivity contribution in [2.75, 3.05) is 18.8 Å². The number of aryl methyl sites for hydroxylation is 1. The summed E-state index contributed by atoms with van der Waals surface area (Å²) in [6, 6.07) is 6.17. The largest absolute Gasteiger partial charge is 0.419 e. The molecule has 0 bridgehead atoms. The van der Waals surface area contributed by atoms with Crippen LogP contribution in [-0.4, -0.2) is 43.8 Å². The van der Waals surface area contributed by atoms with E-state index >= 15 is 0 Å². The third-order valence-corrected chi connectivity index (χ3v) is 6.44. The van der Waals surface area contributed by atoms with E-state index in [1.54, 1.807) is 23.4 Å². The number of urea groups is 1. The number of nitrogens with one attached hydrogen (secondary N) is 1. The van der Waals surface area contributed by atoms with Gasteiger partial charge in [0.05, 0.1) is 17.3 Å². The number of likely N-dealkylation sites (tertiary alicyclic amines) is 1. The molecule has 1 spiro atoms. The van der Waals surface area contributed by atoms with Crippen molar-refractivity contribution in [3.05, 3.63) is 59.7 Å². The smallest absolute Gasteiger partial charge is 0.383 e. The summed E-state index contributed by atoms with van der Waals surface area (Å²) in [6.45, 7) is 3.59. The molecule has 0 radical (unpaired) electrons. The number of nitrogen functional groups attached to an aromatic ring is 1. The lowest BCUT2D eigenvalue weighted by Gasteiger charge is -2.47. The van der Waals surface area contributed by atoms with Crippen LogP contribution in [0.15, 0.2) is 42.9 Å². The van der Waals surface area contributed by atoms with Gasteiger partial charge in [-0.05, 0) is 37.1 Å². The van der Waals surface area contributed by atoms with Crippen LogP contribution in [0.3, 0.4) is 0 Å². The van der Waals surface area contributed by atoms with Crippen LogP contribution < -0.4 is 11.1 Å². The van der Waals surface area contributed by atoms with Crippen LogP contribution in [0.2, 0.25) is 0 Å². The molecule has 0 aromatic carbocycles.